The molecule has 0 radical (unpaired) electrons. The summed E-state index contributed by atoms with van der Waals surface area (Å²) in [6.07, 6.45) is 4.17. The summed E-state index contributed by atoms with van der Waals surface area (Å²) >= 11 is 1.72. The molecule has 1 heterocycles. The monoisotopic (exact) mass is 212 g/mol. The number of nitrogens with zero attached hydrogens (tertiary/aromatic N) is 2. The fourth-order valence-corrected chi connectivity index (χ4v) is 1.43. The Morgan fingerprint density at radius 3 is 2.86 bits per heavy atom. The Balaban J connectivity index is 2.83. The van der Waals surface area contributed by atoms with Crippen LogP contribution in [0.15, 0.2) is 6.20 Å². The van der Waals surface area contributed by atoms with E-state index >= 15 is 0 Å². The molecule has 76 valence electrons. The van der Waals surface area contributed by atoms with Crippen molar-refractivity contribution in [2.75, 3.05) is 12.0 Å². The van der Waals surface area contributed by atoms with Gasteiger partial charge >= 0.3 is 5.97 Å². The Kier molecular flexibility index (Phi) is 3.88. The van der Waals surface area contributed by atoms with E-state index in [-0.39, 0.29) is 5.56 Å². The maximum absolute atomic E-state index is 10.7. The van der Waals surface area contributed by atoms with Gasteiger partial charge in [-0.15, -0.1) is 0 Å². The molecule has 0 unspecified atom stereocenters. The molecule has 0 aliphatic rings. The number of carboxylic acids is 1. The van der Waals surface area contributed by atoms with Gasteiger partial charge in [0.2, 0.25) is 0 Å². The zero-order valence-electron chi connectivity index (χ0n) is 8.15. The molecule has 0 atom stereocenters. The zero-order chi connectivity index (χ0) is 10.6. The third kappa shape index (κ3) is 2.70. The summed E-state index contributed by atoms with van der Waals surface area (Å²) in [6.45, 7) is 1.69. The topological polar surface area (TPSA) is 63.1 Å². The maximum atomic E-state index is 10.7. The minimum atomic E-state index is -0.973. The van der Waals surface area contributed by atoms with Crippen molar-refractivity contribution in [1.29, 1.82) is 0 Å². The minimum absolute atomic E-state index is 0.179. The Morgan fingerprint density at radius 1 is 1.64 bits per heavy atom. The normalized spacial score (nSPS) is 10.1. The Hall–Kier alpha value is -1.10. The molecule has 0 fully saturated rings. The van der Waals surface area contributed by atoms with Crippen LogP contribution in [-0.4, -0.2) is 33.1 Å². The summed E-state index contributed by atoms with van der Waals surface area (Å²) < 4.78 is 0. The summed E-state index contributed by atoms with van der Waals surface area (Å²) in [4.78, 5) is 18.8. The van der Waals surface area contributed by atoms with Crippen LogP contribution in [-0.2, 0) is 6.42 Å². The SMILES string of the molecule is CSCCc1ncc(C(=O)O)c(C)n1. The van der Waals surface area contributed by atoms with Gasteiger partial charge in [-0.1, -0.05) is 0 Å². The third-order valence-electron chi connectivity index (χ3n) is 1.79. The van der Waals surface area contributed by atoms with Crippen molar-refractivity contribution in [2.24, 2.45) is 0 Å². The molecular formula is C9H12N2O2S. The van der Waals surface area contributed by atoms with Gasteiger partial charge in [0.1, 0.15) is 5.82 Å². The van der Waals surface area contributed by atoms with Gasteiger partial charge in [0.15, 0.2) is 0 Å². The van der Waals surface area contributed by atoms with E-state index in [1.165, 1.54) is 6.20 Å². The molecule has 0 saturated heterocycles. The fraction of sp³-hybridized carbons (Fsp3) is 0.444. The van der Waals surface area contributed by atoms with E-state index < -0.39 is 5.97 Å². The molecule has 0 amide bonds. The van der Waals surface area contributed by atoms with Gasteiger partial charge in [-0.2, -0.15) is 11.8 Å². The molecule has 1 rings (SSSR count). The molecule has 0 saturated carbocycles. The number of carboxylic acid groups (broad SMARTS) is 1. The summed E-state index contributed by atoms with van der Waals surface area (Å²) in [5.41, 5.74) is 0.710. The van der Waals surface area contributed by atoms with Crippen LogP contribution >= 0.6 is 11.8 Å². The van der Waals surface area contributed by atoms with Crippen molar-refractivity contribution in [3.8, 4) is 0 Å². The minimum Gasteiger partial charge on any atom is -0.478 e. The highest BCUT2D eigenvalue weighted by atomic mass is 32.2. The van der Waals surface area contributed by atoms with Gasteiger partial charge in [-0.05, 0) is 13.2 Å². The predicted octanol–water partition coefficient (Wildman–Crippen LogP) is 1.39. The summed E-state index contributed by atoms with van der Waals surface area (Å²) in [7, 11) is 0. The lowest BCUT2D eigenvalue weighted by Crippen LogP contribution is -2.06. The molecule has 0 aromatic carbocycles. The molecule has 0 aliphatic carbocycles. The van der Waals surface area contributed by atoms with Crippen LogP contribution in [0, 0.1) is 6.92 Å². The lowest BCUT2D eigenvalue weighted by atomic mass is 10.2. The van der Waals surface area contributed by atoms with Crippen molar-refractivity contribution in [3.05, 3.63) is 23.3 Å². The molecule has 0 bridgehead atoms. The molecule has 1 aromatic rings. The molecule has 1 aromatic heterocycles. The molecule has 1 N–H and O–H groups in total. The highest BCUT2D eigenvalue weighted by Gasteiger charge is 2.09. The van der Waals surface area contributed by atoms with E-state index in [2.05, 4.69) is 9.97 Å². The van der Waals surface area contributed by atoms with Gasteiger partial charge in [0.25, 0.3) is 0 Å². The van der Waals surface area contributed by atoms with E-state index in [0.29, 0.717) is 11.5 Å². The first-order chi connectivity index (χ1) is 6.65. The number of thioether (sulfide) groups is 1. The number of hydrogen-bond acceptors (Lipinski definition) is 4. The number of aryl methyl sites for hydroxylation is 2. The third-order valence-corrected chi connectivity index (χ3v) is 2.40. The Bertz CT molecular complexity index is 342. The van der Waals surface area contributed by atoms with Crippen LogP contribution in [0.5, 0.6) is 0 Å². The van der Waals surface area contributed by atoms with Crippen LogP contribution in [0.3, 0.4) is 0 Å². The standard InChI is InChI=1S/C9H12N2O2S/c1-6-7(9(12)13)5-10-8(11-6)3-4-14-2/h5H,3-4H2,1-2H3,(H,12,13). The Morgan fingerprint density at radius 2 is 2.36 bits per heavy atom. The van der Waals surface area contributed by atoms with Crippen molar-refractivity contribution in [2.45, 2.75) is 13.3 Å². The number of rotatable bonds is 4. The second-order valence-corrected chi connectivity index (χ2v) is 3.82. The first-order valence-corrected chi connectivity index (χ1v) is 5.59. The van der Waals surface area contributed by atoms with Gasteiger partial charge in [0, 0.05) is 18.4 Å². The van der Waals surface area contributed by atoms with Crippen LogP contribution < -0.4 is 0 Å². The lowest BCUT2D eigenvalue weighted by Gasteiger charge is -2.02. The van der Waals surface area contributed by atoms with E-state index in [1.54, 1.807) is 18.7 Å². The number of hydrogen-bond donors (Lipinski definition) is 1. The zero-order valence-corrected chi connectivity index (χ0v) is 8.97. The number of aromatic nitrogens is 2. The van der Waals surface area contributed by atoms with Crippen molar-refractivity contribution in [3.63, 3.8) is 0 Å². The maximum Gasteiger partial charge on any atom is 0.339 e. The largest absolute Gasteiger partial charge is 0.478 e. The first kappa shape index (κ1) is 11.0. The van der Waals surface area contributed by atoms with Gasteiger partial charge in [-0.3, -0.25) is 0 Å². The molecule has 14 heavy (non-hydrogen) atoms. The van der Waals surface area contributed by atoms with Crippen LogP contribution in [0.25, 0.3) is 0 Å². The average molecular weight is 212 g/mol. The first-order valence-electron chi connectivity index (χ1n) is 4.20. The lowest BCUT2D eigenvalue weighted by molar-refractivity contribution is 0.0695. The molecular weight excluding hydrogens is 200 g/mol. The summed E-state index contributed by atoms with van der Waals surface area (Å²) in [5.74, 6) is 0.687. The summed E-state index contributed by atoms with van der Waals surface area (Å²) in [5, 5.41) is 8.75. The molecule has 5 heteroatoms. The second-order valence-electron chi connectivity index (χ2n) is 2.83. The molecule has 0 aliphatic heterocycles. The van der Waals surface area contributed by atoms with Gasteiger partial charge in [0.05, 0.1) is 11.3 Å². The quantitative estimate of drug-likeness (QED) is 0.817. The van der Waals surface area contributed by atoms with E-state index in [0.717, 1.165) is 12.2 Å². The fourth-order valence-electron chi connectivity index (χ4n) is 1.04. The van der Waals surface area contributed by atoms with Gasteiger partial charge in [-0.25, -0.2) is 14.8 Å². The van der Waals surface area contributed by atoms with Crippen molar-refractivity contribution >= 4 is 17.7 Å². The smallest absolute Gasteiger partial charge is 0.339 e. The highest BCUT2D eigenvalue weighted by molar-refractivity contribution is 7.98. The van der Waals surface area contributed by atoms with Crippen molar-refractivity contribution in [1.82, 2.24) is 9.97 Å². The predicted molar refractivity (Wildman–Crippen MR) is 55.8 cm³/mol. The molecule has 0 spiro atoms. The highest BCUT2D eigenvalue weighted by Crippen LogP contribution is 2.05. The molecule has 4 nitrogen and oxygen atoms in total. The average Bonchev–Trinajstić information content (AvgIpc) is 2.14. The second kappa shape index (κ2) is 4.95. The van der Waals surface area contributed by atoms with Crippen LogP contribution in [0.1, 0.15) is 21.9 Å². The van der Waals surface area contributed by atoms with Crippen LogP contribution in [0.2, 0.25) is 0 Å². The van der Waals surface area contributed by atoms with Gasteiger partial charge < -0.3 is 5.11 Å². The Labute approximate surface area is 86.8 Å². The number of aromatic carboxylic acids is 1. The number of carbonyl (C=O) groups is 1. The van der Waals surface area contributed by atoms with E-state index in [4.69, 9.17) is 5.11 Å². The van der Waals surface area contributed by atoms with Crippen molar-refractivity contribution < 1.29 is 9.90 Å². The van der Waals surface area contributed by atoms with E-state index in [1.807, 2.05) is 6.26 Å². The summed E-state index contributed by atoms with van der Waals surface area (Å²) in [6, 6.07) is 0. The van der Waals surface area contributed by atoms with Crippen LogP contribution in [0.4, 0.5) is 0 Å². The van der Waals surface area contributed by atoms with E-state index in [9.17, 15) is 4.79 Å².